The van der Waals surface area contributed by atoms with Gasteiger partial charge in [0.05, 0.1) is 11.2 Å². The molecule has 2 aromatic rings. The van der Waals surface area contributed by atoms with Crippen LogP contribution in [0.2, 0.25) is 0 Å². The maximum absolute atomic E-state index is 12.6. The zero-order chi connectivity index (χ0) is 16.4. The molecule has 0 spiro atoms. The van der Waals surface area contributed by atoms with Crippen LogP contribution in [0.1, 0.15) is 25.5 Å². The molecule has 1 fully saturated rings. The van der Waals surface area contributed by atoms with Gasteiger partial charge in [-0.15, -0.1) is 0 Å². The fourth-order valence-electron chi connectivity index (χ4n) is 2.92. The molecule has 23 heavy (non-hydrogen) atoms. The van der Waals surface area contributed by atoms with Crippen LogP contribution in [-0.2, 0) is 16.0 Å². The molecule has 5 nitrogen and oxygen atoms in total. The highest BCUT2D eigenvalue weighted by atomic mass is 16.2. The average molecular weight is 311 g/mol. The highest BCUT2D eigenvalue weighted by molar-refractivity contribution is 6.03. The van der Waals surface area contributed by atoms with E-state index >= 15 is 0 Å². The highest BCUT2D eigenvalue weighted by Crippen LogP contribution is 2.25. The topological polar surface area (TPSA) is 62.3 Å². The summed E-state index contributed by atoms with van der Waals surface area (Å²) in [7, 11) is 1.78. The fourth-order valence-corrected chi connectivity index (χ4v) is 2.92. The summed E-state index contributed by atoms with van der Waals surface area (Å²) in [6.45, 7) is 2.67. The Morgan fingerprint density at radius 2 is 2.17 bits per heavy atom. The number of carbonyl (C=O) groups excluding carboxylic acids is 2. The van der Waals surface area contributed by atoms with E-state index in [2.05, 4.69) is 10.3 Å². The summed E-state index contributed by atoms with van der Waals surface area (Å²) in [5, 5.41) is 3.94. The third-order valence-electron chi connectivity index (χ3n) is 4.42. The minimum atomic E-state index is -0.254. The number of piperidine rings is 1. The van der Waals surface area contributed by atoms with Crippen LogP contribution < -0.4 is 5.32 Å². The van der Waals surface area contributed by atoms with Crippen molar-refractivity contribution in [3.63, 3.8) is 0 Å². The summed E-state index contributed by atoms with van der Waals surface area (Å²) in [5.74, 6) is -0.300. The standard InChI is InChI=1S/C18H21N3O2/c1-3-13-11-16(14-6-4-5-7-15(14)19-13)20-18(23)12-8-9-21(2)17(22)10-12/h4-7,11-12H,3,8-10H2,1-2H3,(H,19,20,23)/t12-/m1/s1. The lowest BCUT2D eigenvalue weighted by Gasteiger charge is -2.28. The summed E-state index contributed by atoms with van der Waals surface area (Å²) < 4.78 is 0. The highest BCUT2D eigenvalue weighted by Gasteiger charge is 2.28. The van der Waals surface area contributed by atoms with Crippen molar-refractivity contribution in [2.24, 2.45) is 5.92 Å². The van der Waals surface area contributed by atoms with Crippen molar-refractivity contribution < 1.29 is 9.59 Å². The lowest BCUT2D eigenvalue weighted by molar-refractivity contribution is -0.137. The van der Waals surface area contributed by atoms with Crippen molar-refractivity contribution in [3.8, 4) is 0 Å². The van der Waals surface area contributed by atoms with Gasteiger partial charge in [0, 0.05) is 37.0 Å². The van der Waals surface area contributed by atoms with Crippen molar-refractivity contribution in [2.45, 2.75) is 26.2 Å². The molecular weight excluding hydrogens is 290 g/mol. The van der Waals surface area contributed by atoms with Crippen LogP contribution in [0.5, 0.6) is 0 Å². The summed E-state index contributed by atoms with van der Waals surface area (Å²) in [4.78, 5) is 30.6. The van der Waals surface area contributed by atoms with Crippen LogP contribution in [0, 0.1) is 5.92 Å². The van der Waals surface area contributed by atoms with Gasteiger partial charge in [-0.1, -0.05) is 25.1 Å². The van der Waals surface area contributed by atoms with Gasteiger partial charge in [0.1, 0.15) is 0 Å². The van der Waals surface area contributed by atoms with Gasteiger partial charge in [0.25, 0.3) is 0 Å². The molecule has 1 atom stereocenters. The number of anilines is 1. The summed E-state index contributed by atoms with van der Waals surface area (Å²) in [6, 6.07) is 9.71. The Morgan fingerprint density at radius 3 is 2.91 bits per heavy atom. The minimum absolute atomic E-state index is 0.0326. The Bertz CT molecular complexity index is 757. The normalized spacial score (nSPS) is 18.3. The molecule has 0 radical (unpaired) electrons. The van der Waals surface area contributed by atoms with Crippen LogP contribution in [0.25, 0.3) is 10.9 Å². The predicted octanol–water partition coefficient (Wildman–Crippen LogP) is 2.60. The van der Waals surface area contributed by atoms with Crippen LogP contribution >= 0.6 is 0 Å². The number of aromatic nitrogens is 1. The van der Waals surface area contributed by atoms with E-state index in [-0.39, 0.29) is 24.2 Å². The molecule has 1 aliphatic rings. The molecule has 0 saturated carbocycles. The van der Waals surface area contributed by atoms with Gasteiger partial charge in [-0.05, 0) is 25.0 Å². The molecule has 5 heteroatoms. The number of hydrogen-bond donors (Lipinski definition) is 1. The van der Waals surface area contributed by atoms with Gasteiger partial charge in [0.2, 0.25) is 11.8 Å². The molecule has 0 bridgehead atoms. The largest absolute Gasteiger partial charge is 0.346 e. The maximum atomic E-state index is 12.6. The van der Waals surface area contributed by atoms with Gasteiger partial charge >= 0.3 is 0 Å². The number of fused-ring (bicyclic) bond motifs is 1. The number of rotatable bonds is 3. The zero-order valence-corrected chi connectivity index (χ0v) is 13.5. The van der Waals surface area contributed by atoms with Crippen molar-refractivity contribution >= 4 is 28.4 Å². The molecule has 1 saturated heterocycles. The van der Waals surface area contributed by atoms with Gasteiger partial charge in [0.15, 0.2) is 0 Å². The molecule has 1 N–H and O–H groups in total. The van der Waals surface area contributed by atoms with E-state index in [4.69, 9.17) is 0 Å². The van der Waals surface area contributed by atoms with Crippen LogP contribution in [0.15, 0.2) is 30.3 Å². The SMILES string of the molecule is CCc1cc(NC(=O)[C@@H]2CCN(C)C(=O)C2)c2ccccc2n1. The zero-order valence-electron chi connectivity index (χ0n) is 13.5. The Balaban J connectivity index is 1.86. The number of nitrogens with one attached hydrogen (secondary N) is 1. The van der Waals surface area contributed by atoms with Gasteiger partial charge in [-0.25, -0.2) is 0 Å². The Hall–Kier alpha value is -2.43. The summed E-state index contributed by atoms with van der Waals surface area (Å²) in [5.41, 5.74) is 2.60. The first kappa shape index (κ1) is 15.5. The lowest BCUT2D eigenvalue weighted by atomic mass is 9.95. The third kappa shape index (κ3) is 3.18. The molecular formula is C18H21N3O2. The molecule has 0 aliphatic carbocycles. The maximum Gasteiger partial charge on any atom is 0.228 e. The summed E-state index contributed by atoms with van der Waals surface area (Å²) in [6.07, 6.45) is 1.80. The number of nitrogens with zero attached hydrogens (tertiary/aromatic N) is 2. The smallest absolute Gasteiger partial charge is 0.228 e. The molecule has 120 valence electrons. The van der Waals surface area contributed by atoms with Crippen LogP contribution in [-0.4, -0.2) is 35.3 Å². The quantitative estimate of drug-likeness (QED) is 0.947. The number of amides is 2. The van der Waals surface area contributed by atoms with E-state index < -0.39 is 0 Å². The monoisotopic (exact) mass is 311 g/mol. The second kappa shape index (κ2) is 6.36. The molecule has 2 amide bonds. The first-order valence-electron chi connectivity index (χ1n) is 8.02. The van der Waals surface area contributed by atoms with Crippen molar-refractivity contribution in [2.75, 3.05) is 18.9 Å². The summed E-state index contributed by atoms with van der Waals surface area (Å²) >= 11 is 0. The van der Waals surface area contributed by atoms with Crippen LogP contribution in [0.4, 0.5) is 5.69 Å². The second-order valence-electron chi connectivity index (χ2n) is 6.03. The van der Waals surface area contributed by atoms with E-state index in [9.17, 15) is 9.59 Å². The fraction of sp³-hybridized carbons (Fsp3) is 0.389. The van der Waals surface area contributed by atoms with E-state index in [1.165, 1.54) is 0 Å². The Labute approximate surface area is 135 Å². The van der Waals surface area contributed by atoms with E-state index in [1.807, 2.05) is 37.3 Å². The number of para-hydroxylation sites is 1. The first-order valence-corrected chi connectivity index (χ1v) is 8.02. The Kier molecular flexibility index (Phi) is 4.28. The number of pyridine rings is 1. The molecule has 0 unspecified atom stereocenters. The molecule has 3 rings (SSSR count). The molecule has 1 aliphatic heterocycles. The predicted molar refractivity (Wildman–Crippen MR) is 90.1 cm³/mol. The average Bonchev–Trinajstić information content (AvgIpc) is 2.57. The number of likely N-dealkylation sites (tertiary alicyclic amines) is 1. The third-order valence-corrected chi connectivity index (χ3v) is 4.42. The van der Waals surface area contributed by atoms with E-state index in [0.717, 1.165) is 28.7 Å². The Morgan fingerprint density at radius 1 is 1.39 bits per heavy atom. The van der Waals surface area contributed by atoms with Gasteiger partial charge in [-0.2, -0.15) is 0 Å². The molecule has 1 aromatic heterocycles. The number of benzene rings is 1. The molecule has 2 heterocycles. The van der Waals surface area contributed by atoms with E-state index in [0.29, 0.717) is 13.0 Å². The van der Waals surface area contributed by atoms with Crippen molar-refractivity contribution in [1.82, 2.24) is 9.88 Å². The number of aryl methyl sites for hydroxylation is 1. The minimum Gasteiger partial charge on any atom is -0.346 e. The lowest BCUT2D eigenvalue weighted by Crippen LogP contribution is -2.39. The van der Waals surface area contributed by atoms with E-state index in [1.54, 1.807) is 11.9 Å². The van der Waals surface area contributed by atoms with Gasteiger partial charge in [-0.3, -0.25) is 14.6 Å². The van der Waals surface area contributed by atoms with Crippen molar-refractivity contribution in [1.29, 1.82) is 0 Å². The first-order chi connectivity index (χ1) is 11.1. The van der Waals surface area contributed by atoms with Crippen molar-refractivity contribution in [3.05, 3.63) is 36.0 Å². The molecule has 1 aromatic carbocycles. The van der Waals surface area contributed by atoms with Gasteiger partial charge < -0.3 is 10.2 Å². The second-order valence-corrected chi connectivity index (χ2v) is 6.03. The number of carbonyl (C=O) groups is 2. The number of hydrogen-bond acceptors (Lipinski definition) is 3. The van der Waals surface area contributed by atoms with Crippen LogP contribution in [0.3, 0.4) is 0 Å².